The van der Waals surface area contributed by atoms with Gasteiger partial charge in [0.1, 0.15) is 4.32 Å². The van der Waals surface area contributed by atoms with Crippen molar-refractivity contribution in [2.24, 2.45) is 0 Å². The van der Waals surface area contributed by atoms with Crippen molar-refractivity contribution in [2.75, 3.05) is 28.4 Å². The van der Waals surface area contributed by atoms with Gasteiger partial charge < -0.3 is 18.9 Å². The minimum Gasteiger partial charge on any atom is -0.350 e. The molecule has 2 fully saturated rings. The first-order valence-corrected chi connectivity index (χ1v) is 9.12. The summed E-state index contributed by atoms with van der Waals surface area (Å²) in [5.74, 6) is -3.26. The lowest BCUT2D eigenvalue weighted by atomic mass is 9.79. The van der Waals surface area contributed by atoms with Crippen LogP contribution in [0.5, 0.6) is 0 Å². The van der Waals surface area contributed by atoms with Gasteiger partial charge in [-0.05, 0) is 12.0 Å². The van der Waals surface area contributed by atoms with Crippen molar-refractivity contribution < 1.29 is 23.7 Å². The first-order chi connectivity index (χ1) is 11.3. The number of hydrogen-bond acceptors (Lipinski definition) is 5. The van der Waals surface area contributed by atoms with E-state index in [1.165, 1.54) is 28.4 Å². The van der Waals surface area contributed by atoms with Crippen molar-refractivity contribution in [3.8, 4) is 0 Å². The number of fused-ring (bicyclic) bond motifs is 2. The summed E-state index contributed by atoms with van der Waals surface area (Å²) >= 11 is 7.44. The Bertz CT molecular complexity index is 644. The van der Waals surface area contributed by atoms with Gasteiger partial charge in [0.15, 0.2) is 4.32 Å². The number of methoxy groups -OCH3 is 4. The minimum absolute atomic E-state index is 0.177. The maximum absolute atomic E-state index is 13.5. The highest BCUT2D eigenvalue weighted by atomic mass is 79.9. The number of halogens is 2. The van der Waals surface area contributed by atoms with Crippen LogP contribution in [0.1, 0.15) is 17.9 Å². The molecule has 24 heavy (non-hydrogen) atoms. The summed E-state index contributed by atoms with van der Waals surface area (Å²) in [5.41, 5.74) is 1.02. The van der Waals surface area contributed by atoms with Gasteiger partial charge in [-0.1, -0.05) is 62.2 Å². The van der Waals surface area contributed by atoms with Crippen LogP contribution >= 0.6 is 31.9 Å². The average Bonchev–Trinajstić information content (AvgIpc) is 2.89. The summed E-state index contributed by atoms with van der Waals surface area (Å²) in [6, 6.07) is 9.83. The van der Waals surface area contributed by atoms with Crippen LogP contribution in [-0.4, -0.2) is 54.4 Å². The molecule has 0 N–H and O–H groups in total. The summed E-state index contributed by atoms with van der Waals surface area (Å²) in [7, 11) is 5.96. The molecule has 0 heterocycles. The van der Waals surface area contributed by atoms with E-state index in [0.717, 1.165) is 5.56 Å². The Morgan fingerprint density at radius 3 is 1.96 bits per heavy atom. The maximum Gasteiger partial charge on any atom is 0.251 e. The number of alkyl halides is 2. The van der Waals surface area contributed by atoms with Crippen LogP contribution in [0.2, 0.25) is 0 Å². The zero-order valence-electron chi connectivity index (χ0n) is 14.0. The highest BCUT2D eigenvalue weighted by Gasteiger charge is 2.91. The van der Waals surface area contributed by atoms with E-state index in [2.05, 4.69) is 31.9 Å². The van der Waals surface area contributed by atoms with Gasteiger partial charge in [-0.15, -0.1) is 0 Å². The smallest absolute Gasteiger partial charge is 0.251 e. The molecule has 1 aromatic rings. The van der Waals surface area contributed by atoms with E-state index in [4.69, 9.17) is 18.9 Å². The average molecular weight is 464 g/mol. The number of hydrogen-bond donors (Lipinski definition) is 0. The van der Waals surface area contributed by atoms with E-state index in [1.807, 2.05) is 30.3 Å². The van der Waals surface area contributed by atoms with Crippen molar-refractivity contribution in [1.82, 2.24) is 0 Å². The van der Waals surface area contributed by atoms with Crippen LogP contribution in [0.4, 0.5) is 0 Å². The van der Waals surface area contributed by atoms with Gasteiger partial charge in [0.2, 0.25) is 11.6 Å². The summed E-state index contributed by atoms with van der Waals surface area (Å²) in [5, 5.41) is 0. The first-order valence-electron chi connectivity index (χ1n) is 7.53. The molecule has 0 unspecified atom stereocenters. The van der Waals surface area contributed by atoms with Gasteiger partial charge in [-0.3, -0.25) is 4.79 Å². The fourth-order valence-electron chi connectivity index (χ4n) is 4.48. The predicted octanol–water partition coefficient (Wildman–Crippen LogP) is 3.00. The molecule has 0 aliphatic heterocycles. The molecule has 0 spiro atoms. The molecule has 2 saturated carbocycles. The zero-order valence-corrected chi connectivity index (χ0v) is 17.1. The number of Topliss-reactive ketones (excluding diaryl/α,β-unsaturated/α-hetero) is 1. The van der Waals surface area contributed by atoms with Crippen molar-refractivity contribution in [3.05, 3.63) is 35.9 Å². The van der Waals surface area contributed by atoms with Crippen molar-refractivity contribution in [2.45, 2.75) is 32.6 Å². The Hall–Kier alpha value is -0.310. The Balaban J connectivity index is 2.28. The first kappa shape index (κ1) is 18.5. The summed E-state index contributed by atoms with van der Waals surface area (Å²) in [6.45, 7) is 0. The summed E-state index contributed by atoms with van der Waals surface area (Å²) in [4.78, 5) is 13.5. The molecular formula is C17H20Br2O5. The predicted molar refractivity (Wildman–Crippen MR) is 95.6 cm³/mol. The number of benzene rings is 1. The third-order valence-electron chi connectivity index (χ3n) is 5.47. The van der Waals surface area contributed by atoms with Crippen LogP contribution in [0.15, 0.2) is 30.3 Å². The largest absolute Gasteiger partial charge is 0.350 e. The lowest BCUT2D eigenvalue weighted by Crippen LogP contribution is -2.61. The third-order valence-corrected chi connectivity index (χ3v) is 8.27. The second-order valence-corrected chi connectivity index (χ2v) is 8.66. The number of carbonyl (C=O) groups is 1. The molecular weight excluding hydrogens is 444 g/mol. The van der Waals surface area contributed by atoms with Gasteiger partial charge in [0.05, 0.1) is 0 Å². The molecule has 0 radical (unpaired) electrons. The van der Waals surface area contributed by atoms with Gasteiger partial charge in [0.25, 0.3) is 5.79 Å². The molecule has 0 saturated heterocycles. The molecule has 2 aliphatic carbocycles. The molecule has 2 aliphatic rings. The highest BCUT2D eigenvalue weighted by Crippen LogP contribution is 2.74. The van der Waals surface area contributed by atoms with E-state index >= 15 is 0 Å². The van der Waals surface area contributed by atoms with E-state index in [1.54, 1.807) is 0 Å². The molecule has 5 nitrogen and oxygen atoms in total. The van der Waals surface area contributed by atoms with E-state index in [0.29, 0.717) is 6.42 Å². The van der Waals surface area contributed by atoms with Gasteiger partial charge in [-0.25, -0.2) is 0 Å². The standard InChI is InChI=1S/C17H20Br2O5/c1-21-16(22-2)13(20)15(19)12(11-8-6-5-7-9-11)10-14(16,18)17(15,23-3)24-4/h5-9,12H,10H2,1-4H3/t12-,14-,15+/m0/s1. The third kappa shape index (κ3) is 1.71. The van der Waals surface area contributed by atoms with Crippen molar-refractivity contribution >= 4 is 37.6 Å². The van der Waals surface area contributed by atoms with Crippen LogP contribution in [0, 0.1) is 0 Å². The van der Waals surface area contributed by atoms with Gasteiger partial charge >= 0.3 is 0 Å². The van der Waals surface area contributed by atoms with Gasteiger partial charge in [0, 0.05) is 34.4 Å². The quantitative estimate of drug-likeness (QED) is 0.496. The Morgan fingerprint density at radius 1 is 0.958 bits per heavy atom. The fourth-order valence-corrected chi connectivity index (χ4v) is 7.56. The van der Waals surface area contributed by atoms with E-state index in [9.17, 15) is 4.79 Å². The van der Waals surface area contributed by atoms with E-state index < -0.39 is 20.2 Å². The monoisotopic (exact) mass is 462 g/mol. The van der Waals surface area contributed by atoms with Crippen LogP contribution in [0.25, 0.3) is 0 Å². The molecule has 132 valence electrons. The molecule has 3 rings (SSSR count). The number of ether oxygens (including phenoxy) is 4. The Labute approximate surface area is 158 Å². The molecule has 1 aromatic carbocycles. The second kappa shape index (κ2) is 5.86. The fraction of sp³-hybridized carbons (Fsp3) is 0.588. The SMILES string of the molecule is COC1(OC)C(=O)[C@]2(Br)[C@H](c3ccccc3)C[C@@]1(Br)C2(OC)OC. The summed E-state index contributed by atoms with van der Waals surface area (Å²) in [6.07, 6.45) is 0.525. The molecule has 7 heteroatoms. The number of ketones is 1. The van der Waals surface area contributed by atoms with Gasteiger partial charge in [-0.2, -0.15) is 0 Å². The normalized spacial score (nSPS) is 36.2. The highest BCUT2D eigenvalue weighted by molar-refractivity contribution is 9.11. The zero-order chi connectivity index (χ0) is 17.8. The Kier molecular flexibility index (Phi) is 4.51. The lowest BCUT2D eigenvalue weighted by molar-refractivity contribution is -0.265. The second-order valence-electron chi connectivity index (χ2n) is 6.06. The van der Waals surface area contributed by atoms with Crippen molar-refractivity contribution in [1.29, 1.82) is 0 Å². The minimum atomic E-state index is -1.52. The molecule has 3 atom stereocenters. The maximum atomic E-state index is 13.5. The summed E-state index contributed by atoms with van der Waals surface area (Å²) < 4.78 is 20.7. The van der Waals surface area contributed by atoms with Crippen molar-refractivity contribution in [3.63, 3.8) is 0 Å². The lowest BCUT2D eigenvalue weighted by Gasteiger charge is -2.43. The molecule has 0 amide bonds. The molecule has 2 bridgehead atoms. The number of carbonyl (C=O) groups excluding carboxylic acids is 1. The number of rotatable bonds is 5. The van der Waals surface area contributed by atoms with Crippen LogP contribution in [0.3, 0.4) is 0 Å². The van der Waals surface area contributed by atoms with Crippen LogP contribution in [-0.2, 0) is 23.7 Å². The van der Waals surface area contributed by atoms with E-state index in [-0.39, 0.29) is 11.7 Å². The Morgan fingerprint density at radius 2 is 1.50 bits per heavy atom. The molecule has 0 aromatic heterocycles. The topological polar surface area (TPSA) is 54.0 Å². The van der Waals surface area contributed by atoms with Crippen LogP contribution < -0.4 is 0 Å².